The van der Waals surface area contributed by atoms with Gasteiger partial charge in [0.1, 0.15) is 17.5 Å². The predicted molar refractivity (Wildman–Crippen MR) is 119 cm³/mol. The molecule has 0 saturated heterocycles. The van der Waals surface area contributed by atoms with Gasteiger partial charge in [-0.2, -0.15) is 0 Å². The number of aliphatic hydroxyl groups is 2. The zero-order chi connectivity index (χ0) is 24.1. The molecule has 0 aliphatic carbocycles. The quantitative estimate of drug-likeness (QED) is 0.433. The molecule has 2 N–H and O–H groups in total. The van der Waals surface area contributed by atoms with Crippen molar-refractivity contribution in [3.8, 4) is 22.6 Å². The van der Waals surface area contributed by atoms with E-state index in [-0.39, 0.29) is 47.7 Å². The maximum Gasteiger partial charge on any atom is 1.00 e. The first-order valence-electron chi connectivity index (χ1n) is 10.5. The Morgan fingerprint density at radius 2 is 1.56 bits per heavy atom. The maximum absolute atomic E-state index is 13.5. The summed E-state index contributed by atoms with van der Waals surface area (Å²) >= 11 is 0. The number of hydrogen-bond acceptors (Lipinski definition) is 5. The molecule has 0 unspecified atom stereocenters. The fourth-order valence-corrected chi connectivity index (χ4v) is 3.59. The molecule has 3 aromatic rings. The van der Waals surface area contributed by atoms with Crippen LogP contribution in [0.1, 0.15) is 38.3 Å². The number of aliphatic carboxylic acids is 1. The Balaban J connectivity index is 0.00000408. The second-order valence-corrected chi connectivity index (χ2v) is 8.08. The Bertz CT molecular complexity index is 1130. The van der Waals surface area contributed by atoms with Crippen LogP contribution in [-0.4, -0.2) is 37.9 Å². The normalized spacial score (nSPS) is 13.1. The maximum atomic E-state index is 13.5. The first-order valence-corrected chi connectivity index (χ1v) is 10.5. The Morgan fingerprint density at radius 3 is 2.06 bits per heavy atom. The van der Waals surface area contributed by atoms with E-state index in [1.807, 2.05) is 13.8 Å². The number of aromatic nitrogens is 2. The molecule has 0 aliphatic rings. The van der Waals surface area contributed by atoms with Crippen LogP contribution in [0.5, 0.6) is 0 Å². The predicted octanol–water partition coefficient (Wildman–Crippen LogP) is 0.345. The minimum atomic E-state index is -1.40. The molecule has 0 fully saturated rings. The van der Waals surface area contributed by atoms with Crippen LogP contribution in [0, 0.1) is 11.6 Å². The fourth-order valence-electron chi connectivity index (χ4n) is 3.59. The van der Waals surface area contributed by atoms with Gasteiger partial charge in [-0.05, 0) is 60.5 Å². The molecule has 2 atom stereocenters. The van der Waals surface area contributed by atoms with Crippen LogP contribution in [0.3, 0.4) is 0 Å². The summed E-state index contributed by atoms with van der Waals surface area (Å²) in [6.45, 7) is 3.92. The van der Waals surface area contributed by atoms with Gasteiger partial charge in [0.25, 0.3) is 0 Å². The molecule has 34 heavy (non-hydrogen) atoms. The monoisotopic (exact) mass is 478 g/mol. The number of halogens is 2. The summed E-state index contributed by atoms with van der Waals surface area (Å²) in [5.41, 5.74) is 2.71. The van der Waals surface area contributed by atoms with Crippen LogP contribution in [0.25, 0.3) is 28.8 Å². The summed E-state index contributed by atoms with van der Waals surface area (Å²) in [5, 5.41) is 30.7. The first-order chi connectivity index (χ1) is 15.7. The van der Waals surface area contributed by atoms with Crippen LogP contribution in [0.4, 0.5) is 8.78 Å². The number of benzene rings is 2. The number of carboxylic acid groups (broad SMARTS) is 1. The topological polar surface area (TPSA) is 98.4 Å². The molecule has 0 radical (unpaired) electrons. The molecule has 0 amide bonds. The van der Waals surface area contributed by atoms with E-state index in [1.165, 1.54) is 30.3 Å². The molecule has 9 heteroatoms. The molecule has 0 spiro atoms. The third-order valence-corrected chi connectivity index (χ3v) is 5.09. The van der Waals surface area contributed by atoms with Crippen molar-refractivity contribution in [1.82, 2.24) is 9.55 Å². The molecule has 1 heterocycles. The van der Waals surface area contributed by atoms with Crippen molar-refractivity contribution in [2.45, 2.75) is 44.8 Å². The van der Waals surface area contributed by atoms with Gasteiger partial charge < -0.3 is 24.7 Å². The molecule has 0 bridgehead atoms. The van der Waals surface area contributed by atoms with E-state index in [0.29, 0.717) is 22.6 Å². The average Bonchev–Trinajstić information content (AvgIpc) is 3.12. The molecule has 6 nitrogen and oxygen atoms in total. The molecular weight excluding hydrogens is 453 g/mol. The summed E-state index contributed by atoms with van der Waals surface area (Å²) in [5.74, 6) is -1.72. The van der Waals surface area contributed by atoms with Gasteiger partial charge in [-0.1, -0.05) is 13.8 Å². The van der Waals surface area contributed by atoms with Gasteiger partial charge in [0, 0.05) is 36.1 Å². The van der Waals surface area contributed by atoms with Crippen molar-refractivity contribution in [1.29, 1.82) is 0 Å². The van der Waals surface area contributed by atoms with Crippen molar-refractivity contribution in [2.24, 2.45) is 0 Å². The standard InChI is InChI=1S/C25H26F2N2O4.Na/c1-15(2)24-23(16-3-7-18(26)8-4-16)28-25(17-5-9-19(27)10-6-17)29(24)12-11-20(30)13-21(31)14-22(32)33;/h3-12,15,20-21,30-31H,13-14H2,1-2H3,(H,32,33);/q;+1/p-1/b12-11+;/t20-,21-;/m1./s1. The van der Waals surface area contributed by atoms with Gasteiger partial charge in [0.15, 0.2) is 0 Å². The van der Waals surface area contributed by atoms with Gasteiger partial charge in [0.2, 0.25) is 0 Å². The number of hydrogen-bond donors (Lipinski definition) is 2. The van der Waals surface area contributed by atoms with Crippen LogP contribution >= 0.6 is 0 Å². The van der Waals surface area contributed by atoms with E-state index in [4.69, 9.17) is 4.98 Å². The number of rotatable bonds is 9. The van der Waals surface area contributed by atoms with Gasteiger partial charge in [-0.25, -0.2) is 13.8 Å². The summed E-state index contributed by atoms with van der Waals surface area (Å²) in [6.07, 6.45) is -0.140. The molecule has 174 valence electrons. The molecule has 1 aromatic heterocycles. The Hall–Kier alpha value is -2.36. The van der Waals surface area contributed by atoms with Crippen LogP contribution < -0.4 is 34.7 Å². The van der Waals surface area contributed by atoms with Crippen molar-refractivity contribution in [3.63, 3.8) is 0 Å². The molecule has 2 aromatic carbocycles. The molecular formula is C25H25F2N2NaO4. The fraction of sp³-hybridized carbons (Fsp3) is 0.280. The van der Waals surface area contributed by atoms with E-state index < -0.39 is 30.4 Å². The molecule has 3 rings (SSSR count). The zero-order valence-electron chi connectivity index (χ0n) is 19.3. The van der Waals surface area contributed by atoms with Crippen LogP contribution in [0.15, 0.2) is 54.6 Å². The summed E-state index contributed by atoms with van der Waals surface area (Å²) in [6, 6.07) is 11.7. The van der Waals surface area contributed by atoms with Gasteiger partial charge in [-0.15, -0.1) is 0 Å². The van der Waals surface area contributed by atoms with E-state index >= 15 is 0 Å². The first kappa shape index (κ1) is 27.9. The Morgan fingerprint density at radius 1 is 1.03 bits per heavy atom. The van der Waals surface area contributed by atoms with Gasteiger partial charge in [0.05, 0.1) is 23.6 Å². The second-order valence-electron chi connectivity index (χ2n) is 8.08. The van der Waals surface area contributed by atoms with Crippen molar-refractivity contribution < 1.29 is 58.5 Å². The Labute approximate surface area is 218 Å². The molecule has 0 aliphatic heterocycles. The van der Waals surface area contributed by atoms with E-state index in [9.17, 15) is 28.9 Å². The number of imidazole rings is 1. The zero-order valence-corrected chi connectivity index (χ0v) is 21.3. The summed E-state index contributed by atoms with van der Waals surface area (Å²) in [4.78, 5) is 15.4. The van der Waals surface area contributed by atoms with Crippen molar-refractivity contribution >= 4 is 12.2 Å². The van der Waals surface area contributed by atoms with E-state index in [0.717, 1.165) is 5.69 Å². The van der Waals surface area contributed by atoms with Gasteiger partial charge in [-0.3, -0.25) is 0 Å². The van der Waals surface area contributed by atoms with Crippen LogP contribution in [0.2, 0.25) is 0 Å². The third-order valence-electron chi connectivity index (χ3n) is 5.09. The largest absolute Gasteiger partial charge is 1.00 e. The smallest absolute Gasteiger partial charge is 0.550 e. The summed E-state index contributed by atoms with van der Waals surface area (Å²) < 4.78 is 28.7. The van der Waals surface area contributed by atoms with E-state index in [2.05, 4.69) is 0 Å². The number of carboxylic acids is 1. The third kappa shape index (κ3) is 7.07. The van der Waals surface area contributed by atoms with E-state index in [1.54, 1.807) is 35.0 Å². The SMILES string of the molecule is CC(C)c1c(-c2ccc(F)cc2)nc(-c2ccc(F)cc2)n1/C=C/[C@@H](O)C[C@@H](O)CC(=O)[O-].[Na+]. The van der Waals surface area contributed by atoms with Crippen molar-refractivity contribution in [3.05, 3.63) is 71.9 Å². The Kier molecular flexibility index (Phi) is 10.1. The minimum Gasteiger partial charge on any atom is -0.550 e. The van der Waals surface area contributed by atoms with Crippen molar-refractivity contribution in [2.75, 3.05) is 0 Å². The average molecular weight is 478 g/mol. The van der Waals surface area contributed by atoms with Crippen LogP contribution in [-0.2, 0) is 4.79 Å². The molecule has 0 saturated carbocycles. The second kappa shape index (κ2) is 12.4. The number of aliphatic hydroxyl groups excluding tert-OH is 2. The number of carbonyl (C=O) groups excluding carboxylic acids is 1. The number of carbonyl (C=O) groups is 1. The van der Waals surface area contributed by atoms with Gasteiger partial charge >= 0.3 is 29.6 Å². The number of nitrogens with zero attached hydrogens (tertiary/aromatic N) is 2. The summed E-state index contributed by atoms with van der Waals surface area (Å²) in [7, 11) is 0. The minimum absolute atomic E-state index is 0.